The Kier molecular flexibility index (Phi) is 2.01. The molecule has 2 nitrogen and oxygen atoms in total. The lowest BCUT2D eigenvalue weighted by Gasteiger charge is -2.17. The molecule has 0 aliphatic carbocycles. The number of ether oxygens (including phenoxy) is 1. The summed E-state index contributed by atoms with van der Waals surface area (Å²) in [6.45, 7) is 7.02. The van der Waals surface area contributed by atoms with Gasteiger partial charge >= 0.3 is 0 Å². The summed E-state index contributed by atoms with van der Waals surface area (Å²) in [7, 11) is 0. The summed E-state index contributed by atoms with van der Waals surface area (Å²) in [5.74, 6) is 0.555. The molecular weight excluding hydrogens is 150 g/mol. The topological polar surface area (TPSA) is 21.6 Å². The Morgan fingerprint density at radius 1 is 1.42 bits per heavy atom. The smallest absolute Gasteiger partial charge is 0.0734 e. The van der Waals surface area contributed by atoms with Crippen LogP contribution in [-0.2, 0) is 4.74 Å². The second-order valence-corrected chi connectivity index (χ2v) is 3.74. The first-order valence-corrected chi connectivity index (χ1v) is 4.62. The van der Waals surface area contributed by atoms with Crippen LogP contribution in [0.15, 0.2) is 16.1 Å². The van der Waals surface area contributed by atoms with Crippen molar-refractivity contribution in [3.63, 3.8) is 0 Å². The van der Waals surface area contributed by atoms with E-state index in [0.29, 0.717) is 5.92 Å². The van der Waals surface area contributed by atoms with Gasteiger partial charge in [-0.15, -0.1) is 0 Å². The number of hydrogen-bond donors (Lipinski definition) is 0. The van der Waals surface area contributed by atoms with E-state index in [1.54, 1.807) is 0 Å². The molecule has 66 valence electrons. The van der Waals surface area contributed by atoms with Crippen LogP contribution in [0.3, 0.4) is 0 Å². The molecule has 0 saturated heterocycles. The molecule has 2 aliphatic rings. The fourth-order valence-electron chi connectivity index (χ4n) is 1.86. The zero-order valence-electron chi connectivity index (χ0n) is 7.76. The lowest BCUT2D eigenvalue weighted by atomic mass is 9.96. The van der Waals surface area contributed by atoms with Crippen LogP contribution >= 0.6 is 0 Å². The van der Waals surface area contributed by atoms with Crippen molar-refractivity contribution >= 4 is 5.71 Å². The first-order valence-electron chi connectivity index (χ1n) is 4.62. The summed E-state index contributed by atoms with van der Waals surface area (Å²) in [6.07, 6.45) is 1.09. The summed E-state index contributed by atoms with van der Waals surface area (Å²) in [6, 6.07) is 0. The summed E-state index contributed by atoms with van der Waals surface area (Å²) in [4.78, 5) is 4.54. The molecule has 0 aromatic heterocycles. The fourth-order valence-corrected chi connectivity index (χ4v) is 1.86. The lowest BCUT2D eigenvalue weighted by Crippen LogP contribution is -2.17. The predicted molar refractivity (Wildman–Crippen MR) is 49.6 cm³/mol. The highest BCUT2D eigenvalue weighted by atomic mass is 16.5. The van der Waals surface area contributed by atoms with Crippen LogP contribution in [0.25, 0.3) is 0 Å². The van der Waals surface area contributed by atoms with Gasteiger partial charge in [-0.05, 0) is 17.9 Å². The van der Waals surface area contributed by atoms with Crippen LogP contribution in [0, 0.1) is 5.92 Å². The molecule has 0 atom stereocenters. The van der Waals surface area contributed by atoms with Crippen LogP contribution in [0.2, 0.25) is 0 Å². The lowest BCUT2D eigenvalue weighted by molar-refractivity contribution is 0.150. The number of nitrogens with zero attached hydrogens (tertiary/aromatic N) is 1. The monoisotopic (exact) mass is 165 g/mol. The van der Waals surface area contributed by atoms with E-state index in [1.165, 1.54) is 16.9 Å². The summed E-state index contributed by atoms with van der Waals surface area (Å²) in [5.41, 5.74) is 4.20. The predicted octanol–water partition coefficient (Wildman–Crippen LogP) is 1.81. The third kappa shape index (κ3) is 1.20. The SMILES string of the molecule is CC(C)C1=NCC2=C1COCC2. The van der Waals surface area contributed by atoms with Gasteiger partial charge in [0.05, 0.1) is 19.8 Å². The van der Waals surface area contributed by atoms with Crippen LogP contribution < -0.4 is 0 Å². The Hall–Kier alpha value is -0.630. The number of rotatable bonds is 1. The first-order chi connectivity index (χ1) is 5.79. The number of aliphatic imine (C=N–C) groups is 1. The second kappa shape index (κ2) is 3.02. The highest BCUT2D eigenvalue weighted by Crippen LogP contribution is 2.25. The van der Waals surface area contributed by atoms with Crippen molar-refractivity contribution in [3.05, 3.63) is 11.1 Å². The van der Waals surface area contributed by atoms with Gasteiger partial charge in [0.1, 0.15) is 0 Å². The van der Waals surface area contributed by atoms with Crippen molar-refractivity contribution < 1.29 is 4.74 Å². The van der Waals surface area contributed by atoms with E-state index in [2.05, 4.69) is 18.8 Å². The van der Waals surface area contributed by atoms with Gasteiger partial charge < -0.3 is 4.74 Å². The minimum absolute atomic E-state index is 0.555. The van der Waals surface area contributed by atoms with Crippen LogP contribution in [-0.4, -0.2) is 25.5 Å². The van der Waals surface area contributed by atoms with E-state index in [1.807, 2.05) is 0 Å². The van der Waals surface area contributed by atoms with E-state index in [-0.39, 0.29) is 0 Å². The van der Waals surface area contributed by atoms with Gasteiger partial charge in [0.2, 0.25) is 0 Å². The van der Waals surface area contributed by atoms with E-state index in [0.717, 1.165) is 26.2 Å². The highest BCUT2D eigenvalue weighted by molar-refractivity contribution is 6.04. The van der Waals surface area contributed by atoms with Gasteiger partial charge in [0.15, 0.2) is 0 Å². The van der Waals surface area contributed by atoms with Crippen molar-refractivity contribution in [1.29, 1.82) is 0 Å². The Morgan fingerprint density at radius 2 is 2.25 bits per heavy atom. The average Bonchev–Trinajstić information content (AvgIpc) is 2.47. The zero-order chi connectivity index (χ0) is 8.55. The molecule has 0 bridgehead atoms. The summed E-state index contributed by atoms with van der Waals surface area (Å²) < 4.78 is 5.43. The summed E-state index contributed by atoms with van der Waals surface area (Å²) >= 11 is 0. The third-order valence-corrected chi connectivity index (χ3v) is 2.52. The zero-order valence-corrected chi connectivity index (χ0v) is 7.76. The van der Waals surface area contributed by atoms with Crippen molar-refractivity contribution in [3.8, 4) is 0 Å². The Morgan fingerprint density at radius 3 is 3.00 bits per heavy atom. The van der Waals surface area contributed by atoms with Crippen LogP contribution in [0.4, 0.5) is 0 Å². The maximum Gasteiger partial charge on any atom is 0.0734 e. The highest BCUT2D eigenvalue weighted by Gasteiger charge is 2.23. The molecule has 0 saturated carbocycles. The molecule has 0 spiro atoms. The molecule has 0 aromatic rings. The van der Waals surface area contributed by atoms with Gasteiger partial charge in [0, 0.05) is 11.3 Å². The van der Waals surface area contributed by atoms with E-state index >= 15 is 0 Å². The molecule has 2 aliphatic heterocycles. The molecule has 12 heavy (non-hydrogen) atoms. The van der Waals surface area contributed by atoms with E-state index in [9.17, 15) is 0 Å². The standard InChI is InChI=1S/C10H15NO/c1-7(2)10-9-6-12-4-3-8(9)5-11-10/h7H,3-6H2,1-2H3. The molecule has 2 rings (SSSR count). The van der Waals surface area contributed by atoms with Crippen LogP contribution in [0.5, 0.6) is 0 Å². The first kappa shape index (κ1) is 7.99. The molecule has 0 radical (unpaired) electrons. The van der Waals surface area contributed by atoms with Gasteiger partial charge in [-0.2, -0.15) is 0 Å². The molecule has 0 N–H and O–H groups in total. The maximum absolute atomic E-state index is 5.43. The normalized spacial score (nSPS) is 23.1. The molecular formula is C10H15NO. The molecule has 2 heteroatoms. The van der Waals surface area contributed by atoms with Crippen molar-refractivity contribution in [2.24, 2.45) is 10.9 Å². The maximum atomic E-state index is 5.43. The number of hydrogen-bond acceptors (Lipinski definition) is 2. The van der Waals surface area contributed by atoms with E-state index in [4.69, 9.17) is 4.74 Å². The Labute approximate surface area is 73.3 Å². The molecule has 2 heterocycles. The van der Waals surface area contributed by atoms with Crippen molar-refractivity contribution in [1.82, 2.24) is 0 Å². The van der Waals surface area contributed by atoms with Crippen molar-refractivity contribution in [2.75, 3.05) is 19.8 Å². The van der Waals surface area contributed by atoms with Crippen molar-refractivity contribution in [2.45, 2.75) is 20.3 Å². The molecule has 0 aromatic carbocycles. The minimum Gasteiger partial charge on any atom is -0.376 e. The van der Waals surface area contributed by atoms with Gasteiger partial charge in [0.25, 0.3) is 0 Å². The average molecular weight is 165 g/mol. The molecule has 0 amide bonds. The second-order valence-electron chi connectivity index (χ2n) is 3.74. The Bertz CT molecular complexity index is 251. The Balaban J connectivity index is 2.23. The third-order valence-electron chi connectivity index (χ3n) is 2.52. The van der Waals surface area contributed by atoms with E-state index < -0.39 is 0 Å². The van der Waals surface area contributed by atoms with Crippen LogP contribution in [0.1, 0.15) is 20.3 Å². The molecule has 0 fully saturated rings. The molecule has 0 unspecified atom stereocenters. The summed E-state index contributed by atoms with van der Waals surface area (Å²) in [5, 5.41) is 0. The minimum atomic E-state index is 0.555. The fraction of sp³-hybridized carbons (Fsp3) is 0.700. The van der Waals surface area contributed by atoms with Gasteiger partial charge in [-0.3, -0.25) is 4.99 Å². The van der Waals surface area contributed by atoms with Gasteiger partial charge in [-0.25, -0.2) is 0 Å². The van der Waals surface area contributed by atoms with Gasteiger partial charge in [-0.1, -0.05) is 13.8 Å². The quantitative estimate of drug-likeness (QED) is 0.580. The largest absolute Gasteiger partial charge is 0.376 e.